The predicted molar refractivity (Wildman–Crippen MR) is 82.2 cm³/mol. The smallest absolute Gasteiger partial charge is 0.261 e. The van der Waals surface area contributed by atoms with Gasteiger partial charge in [-0.3, -0.25) is 9.48 Å². The molecule has 0 fully saturated rings. The molecule has 3 N–H and O–H groups in total. The van der Waals surface area contributed by atoms with Crippen LogP contribution in [0.15, 0.2) is 23.3 Å². The van der Waals surface area contributed by atoms with Crippen LogP contribution in [-0.4, -0.2) is 32.1 Å². The largest absolute Gasteiger partial charge is 0.504 e. The van der Waals surface area contributed by atoms with Crippen molar-refractivity contribution in [3.05, 3.63) is 40.2 Å². The summed E-state index contributed by atoms with van der Waals surface area (Å²) in [6, 6.07) is 4.56. The first-order valence-electron chi connectivity index (χ1n) is 6.41. The van der Waals surface area contributed by atoms with E-state index in [0.717, 1.165) is 11.4 Å². The Kier molecular flexibility index (Phi) is 4.67. The second-order valence-electron chi connectivity index (χ2n) is 4.75. The fourth-order valence-corrected chi connectivity index (χ4v) is 2.09. The lowest BCUT2D eigenvalue weighted by Crippen LogP contribution is -2.24. The number of carbonyl (C=O) groups is 1. The summed E-state index contributed by atoms with van der Waals surface area (Å²) in [5.41, 5.74) is 4.51. The normalized spacial score (nSPS) is 11.0. The van der Waals surface area contributed by atoms with Crippen molar-refractivity contribution in [2.75, 3.05) is 0 Å². The van der Waals surface area contributed by atoms with E-state index in [1.54, 1.807) is 4.68 Å². The van der Waals surface area contributed by atoms with Crippen molar-refractivity contribution < 1.29 is 15.0 Å². The Morgan fingerprint density at radius 2 is 2.14 bits per heavy atom. The second kappa shape index (κ2) is 6.48. The van der Waals surface area contributed by atoms with Gasteiger partial charge in [-0.05, 0) is 37.6 Å². The minimum absolute atomic E-state index is 0.00424. The van der Waals surface area contributed by atoms with Gasteiger partial charge in [0.05, 0.1) is 16.9 Å². The minimum atomic E-state index is -0.396. The zero-order valence-corrected chi connectivity index (χ0v) is 12.8. The quantitative estimate of drug-likeness (QED) is 0.453. The number of carbonyl (C=O) groups excluding carboxylic acids is 1. The van der Waals surface area contributed by atoms with E-state index in [4.69, 9.17) is 11.6 Å². The van der Waals surface area contributed by atoms with E-state index in [2.05, 4.69) is 15.6 Å². The van der Waals surface area contributed by atoms with Gasteiger partial charge in [0, 0.05) is 5.69 Å². The van der Waals surface area contributed by atoms with Crippen LogP contribution in [-0.2, 0) is 11.3 Å². The van der Waals surface area contributed by atoms with E-state index < -0.39 is 5.75 Å². The highest BCUT2D eigenvalue weighted by atomic mass is 35.5. The third kappa shape index (κ3) is 3.76. The van der Waals surface area contributed by atoms with Crippen LogP contribution in [0, 0.1) is 13.8 Å². The van der Waals surface area contributed by atoms with Crippen molar-refractivity contribution in [1.29, 1.82) is 0 Å². The van der Waals surface area contributed by atoms with Crippen LogP contribution in [0.25, 0.3) is 0 Å². The molecule has 8 heteroatoms. The van der Waals surface area contributed by atoms with Gasteiger partial charge in [0.15, 0.2) is 11.5 Å². The summed E-state index contributed by atoms with van der Waals surface area (Å²) in [6.45, 7) is 3.76. The number of nitrogens with one attached hydrogen (secondary N) is 1. The minimum Gasteiger partial charge on any atom is -0.504 e. The molecule has 0 saturated carbocycles. The number of hydrazone groups is 1. The van der Waals surface area contributed by atoms with E-state index in [1.165, 1.54) is 18.3 Å². The van der Waals surface area contributed by atoms with Crippen LogP contribution >= 0.6 is 11.6 Å². The molecular weight excluding hydrogens is 308 g/mol. The molecular formula is C14H15ClN4O3. The van der Waals surface area contributed by atoms with Crippen LogP contribution in [0.5, 0.6) is 11.5 Å². The molecule has 2 aromatic rings. The Morgan fingerprint density at radius 1 is 1.41 bits per heavy atom. The van der Waals surface area contributed by atoms with Gasteiger partial charge >= 0.3 is 0 Å². The van der Waals surface area contributed by atoms with Crippen LogP contribution in [0.2, 0.25) is 5.02 Å². The number of benzene rings is 1. The van der Waals surface area contributed by atoms with E-state index in [9.17, 15) is 15.0 Å². The molecule has 0 saturated heterocycles. The van der Waals surface area contributed by atoms with Crippen molar-refractivity contribution in [2.45, 2.75) is 20.4 Å². The fraction of sp³-hybridized carbons (Fsp3) is 0.214. The van der Waals surface area contributed by atoms with E-state index in [-0.39, 0.29) is 23.2 Å². The molecule has 22 heavy (non-hydrogen) atoms. The molecule has 0 bridgehead atoms. The average Bonchev–Trinajstić information content (AvgIpc) is 2.74. The first kappa shape index (κ1) is 15.8. The zero-order valence-electron chi connectivity index (χ0n) is 12.0. The van der Waals surface area contributed by atoms with E-state index in [0.29, 0.717) is 5.56 Å². The van der Waals surface area contributed by atoms with Gasteiger partial charge in [-0.15, -0.1) is 0 Å². The summed E-state index contributed by atoms with van der Waals surface area (Å²) >= 11 is 5.72. The highest BCUT2D eigenvalue weighted by molar-refractivity contribution is 6.32. The van der Waals surface area contributed by atoms with Crippen molar-refractivity contribution in [3.63, 3.8) is 0 Å². The van der Waals surface area contributed by atoms with Crippen LogP contribution in [0.1, 0.15) is 17.0 Å². The number of aromatic hydroxyl groups is 2. The molecule has 1 aromatic heterocycles. The Morgan fingerprint density at radius 3 is 2.73 bits per heavy atom. The van der Waals surface area contributed by atoms with Crippen molar-refractivity contribution in [1.82, 2.24) is 15.2 Å². The second-order valence-corrected chi connectivity index (χ2v) is 5.16. The summed E-state index contributed by atoms with van der Waals surface area (Å²) in [6.07, 6.45) is 1.31. The topological polar surface area (TPSA) is 99.7 Å². The van der Waals surface area contributed by atoms with Gasteiger partial charge in [-0.25, -0.2) is 5.43 Å². The fourth-order valence-electron chi connectivity index (χ4n) is 1.86. The summed E-state index contributed by atoms with van der Waals surface area (Å²) in [4.78, 5) is 11.8. The van der Waals surface area contributed by atoms with Crippen LogP contribution < -0.4 is 5.43 Å². The number of hydrogen-bond acceptors (Lipinski definition) is 5. The molecule has 0 atom stereocenters. The van der Waals surface area contributed by atoms with Crippen molar-refractivity contribution in [2.24, 2.45) is 5.10 Å². The number of aromatic nitrogens is 2. The summed E-state index contributed by atoms with van der Waals surface area (Å²) < 4.78 is 1.57. The Hall–Kier alpha value is -2.54. The number of halogens is 1. The number of nitrogens with zero attached hydrogens (tertiary/aromatic N) is 3. The summed E-state index contributed by atoms with van der Waals surface area (Å²) in [7, 11) is 0. The van der Waals surface area contributed by atoms with Gasteiger partial charge in [0.1, 0.15) is 6.54 Å². The average molecular weight is 323 g/mol. The first-order chi connectivity index (χ1) is 10.4. The van der Waals surface area contributed by atoms with Gasteiger partial charge in [-0.1, -0.05) is 11.6 Å². The zero-order chi connectivity index (χ0) is 16.3. The number of phenols is 2. The molecule has 0 unspecified atom stereocenters. The summed E-state index contributed by atoms with van der Waals surface area (Å²) in [5, 5.41) is 26.7. The molecule has 0 radical (unpaired) electrons. The maximum atomic E-state index is 11.8. The Balaban J connectivity index is 1.97. The maximum absolute atomic E-state index is 11.8. The predicted octanol–water partition coefficient (Wildman–Crippen LogP) is 1.71. The maximum Gasteiger partial charge on any atom is 0.261 e. The van der Waals surface area contributed by atoms with Gasteiger partial charge in [-0.2, -0.15) is 10.2 Å². The Bertz CT molecular complexity index is 717. The molecule has 1 aromatic carbocycles. The molecule has 0 aliphatic carbocycles. The van der Waals surface area contributed by atoms with Crippen molar-refractivity contribution in [3.8, 4) is 11.5 Å². The number of aryl methyl sites for hydroxylation is 2. The van der Waals surface area contributed by atoms with Crippen LogP contribution in [0.4, 0.5) is 0 Å². The number of hydrogen-bond donors (Lipinski definition) is 3. The summed E-state index contributed by atoms with van der Waals surface area (Å²) in [5.74, 6) is -1.09. The third-order valence-corrected chi connectivity index (χ3v) is 3.15. The van der Waals surface area contributed by atoms with Gasteiger partial charge in [0.25, 0.3) is 5.91 Å². The molecule has 7 nitrogen and oxygen atoms in total. The lowest BCUT2D eigenvalue weighted by atomic mass is 10.2. The number of phenolic OH excluding ortho intramolecular Hbond substituents is 2. The molecule has 2 rings (SSSR count). The lowest BCUT2D eigenvalue weighted by molar-refractivity contribution is -0.121. The molecule has 0 aliphatic rings. The molecule has 0 spiro atoms. The van der Waals surface area contributed by atoms with Crippen LogP contribution in [0.3, 0.4) is 0 Å². The Labute approximate surface area is 131 Å². The SMILES string of the molecule is Cc1cc(C)n(CC(=O)N/N=C/c2cc(O)c(O)c(Cl)c2)n1. The number of amides is 1. The molecule has 1 amide bonds. The molecule has 0 aliphatic heterocycles. The van der Waals surface area contributed by atoms with Gasteiger partial charge in [0.2, 0.25) is 0 Å². The third-order valence-electron chi connectivity index (χ3n) is 2.87. The lowest BCUT2D eigenvalue weighted by Gasteiger charge is -2.03. The first-order valence-corrected chi connectivity index (χ1v) is 6.79. The van der Waals surface area contributed by atoms with Gasteiger partial charge < -0.3 is 10.2 Å². The molecule has 1 heterocycles. The molecule has 116 valence electrons. The van der Waals surface area contributed by atoms with E-state index >= 15 is 0 Å². The monoisotopic (exact) mass is 322 g/mol. The highest BCUT2D eigenvalue weighted by Crippen LogP contribution is 2.33. The van der Waals surface area contributed by atoms with E-state index in [1.807, 2.05) is 19.9 Å². The highest BCUT2D eigenvalue weighted by Gasteiger charge is 2.07. The van der Waals surface area contributed by atoms with Crippen molar-refractivity contribution >= 4 is 23.7 Å². The standard InChI is InChI=1S/C14H15ClN4O3/c1-8-3-9(2)19(18-8)7-13(21)17-16-6-10-4-11(15)14(22)12(20)5-10/h3-6,20,22H,7H2,1-2H3,(H,17,21)/b16-6+. The number of rotatable bonds is 4.